The van der Waals surface area contributed by atoms with Crippen LogP contribution in [0.5, 0.6) is 11.5 Å². The topological polar surface area (TPSA) is 124 Å². The summed E-state index contributed by atoms with van der Waals surface area (Å²) in [5.74, 6) is -3.33. The molecule has 4 N–H and O–H groups in total. The van der Waals surface area contributed by atoms with Crippen molar-refractivity contribution in [3.63, 3.8) is 0 Å². The molecule has 3 aliphatic rings. The Bertz CT molecular complexity index is 1070. The first kappa shape index (κ1) is 25.7. The molecule has 7 nitrogen and oxygen atoms in total. The molecular formula is C25H32Cl2O7. The van der Waals surface area contributed by atoms with E-state index in [0.717, 1.165) is 12.1 Å². The molecule has 4 rings (SSSR count). The van der Waals surface area contributed by atoms with Gasteiger partial charge in [-0.05, 0) is 57.4 Å². The second-order valence-electron chi connectivity index (χ2n) is 11.6. The van der Waals surface area contributed by atoms with Crippen LogP contribution in [0, 0.1) is 11.3 Å². The molecule has 1 aromatic carbocycles. The van der Waals surface area contributed by atoms with Crippen molar-refractivity contribution in [2.45, 2.75) is 93.5 Å². The summed E-state index contributed by atoms with van der Waals surface area (Å²) in [5, 5.41) is 42.8. The SMILES string of the molecule is CC1(O)CCC(Cl)C(C)(C)C1CC12OC(C)(C)C(Cl)CC1(O)C(=O)c1c(O)cc(O)cc1C2=O. The van der Waals surface area contributed by atoms with E-state index in [2.05, 4.69) is 0 Å². The molecule has 0 radical (unpaired) electrons. The predicted octanol–water partition coefficient (Wildman–Crippen LogP) is 3.94. The Kier molecular flexibility index (Phi) is 5.72. The number of aliphatic hydroxyl groups is 2. The number of aromatic hydroxyl groups is 2. The van der Waals surface area contributed by atoms with E-state index >= 15 is 0 Å². The molecule has 0 amide bonds. The Morgan fingerprint density at radius 2 is 1.62 bits per heavy atom. The van der Waals surface area contributed by atoms with Gasteiger partial charge in [0, 0.05) is 23.4 Å². The second kappa shape index (κ2) is 7.56. The number of carbonyl (C=O) groups excluding carboxylic acids is 2. The summed E-state index contributed by atoms with van der Waals surface area (Å²) in [7, 11) is 0. The molecule has 6 unspecified atom stereocenters. The van der Waals surface area contributed by atoms with Crippen LogP contribution in [0.2, 0.25) is 0 Å². The zero-order valence-electron chi connectivity index (χ0n) is 20.0. The first-order valence-electron chi connectivity index (χ1n) is 11.5. The highest BCUT2D eigenvalue weighted by Crippen LogP contribution is 2.59. The van der Waals surface area contributed by atoms with Crippen molar-refractivity contribution in [3.05, 3.63) is 23.3 Å². The van der Waals surface area contributed by atoms with Gasteiger partial charge in [0.2, 0.25) is 5.78 Å². The second-order valence-corrected chi connectivity index (χ2v) is 12.6. The highest BCUT2D eigenvalue weighted by atomic mass is 35.5. The summed E-state index contributed by atoms with van der Waals surface area (Å²) in [6.07, 6.45) is 0.417. The minimum absolute atomic E-state index is 0.208. The molecule has 1 heterocycles. The van der Waals surface area contributed by atoms with Crippen LogP contribution in [0.1, 0.15) is 81.0 Å². The highest BCUT2D eigenvalue weighted by Gasteiger charge is 2.72. The molecule has 0 aromatic heterocycles. The van der Waals surface area contributed by atoms with E-state index in [-0.39, 0.29) is 29.3 Å². The number of fused-ring (bicyclic) bond motifs is 2. The van der Waals surface area contributed by atoms with Gasteiger partial charge >= 0.3 is 0 Å². The molecule has 0 bridgehead atoms. The van der Waals surface area contributed by atoms with Crippen molar-refractivity contribution in [2.75, 3.05) is 0 Å². The molecule has 9 heteroatoms. The lowest BCUT2D eigenvalue weighted by atomic mass is 9.53. The number of hydrogen-bond acceptors (Lipinski definition) is 7. The monoisotopic (exact) mass is 514 g/mol. The van der Waals surface area contributed by atoms with Crippen molar-refractivity contribution in [2.24, 2.45) is 11.3 Å². The summed E-state index contributed by atoms with van der Waals surface area (Å²) in [6.45, 7) is 8.79. The number of phenols is 2. The van der Waals surface area contributed by atoms with Crippen LogP contribution in [0.4, 0.5) is 0 Å². The number of benzene rings is 1. The van der Waals surface area contributed by atoms with Crippen LogP contribution >= 0.6 is 23.2 Å². The molecule has 6 atom stereocenters. The van der Waals surface area contributed by atoms with Gasteiger partial charge in [-0.3, -0.25) is 9.59 Å². The number of phenolic OH excluding ortho intramolecular Hbond substituents is 2. The van der Waals surface area contributed by atoms with E-state index in [1.807, 2.05) is 13.8 Å². The van der Waals surface area contributed by atoms with E-state index in [9.17, 15) is 30.0 Å². The molecule has 1 saturated heterocycles. The van der Waals surface area contributed by atoms with Crippen molar-refractivity contribution in [1.82, 2.24) is 0 Å². The predicted molar refractivity (Wildman–Crippen MR) is 127 cm³/mol. The maximum Gasteiger partial charge on any atom is 0.202 e. The maximum atomic E-state index is 14.2. The number of ketones is 2. The molecule has 0 spiro atoms. The fraction of sp³-hybridized carbons (Fsp3) is 0.680. The fourth-order valence-electron chi connectivity index (χ4n) is 6.29. The minimum atomic E-state index is -2.40. The molecule has 188 valence electrons. The average Bonchev–Trinajstić information content (AvgIpc) is 2.70. The maximum absolute atomic E-state index is 14.2. The quantitative estimate of drug-likeness (QED) is 0.440. The van der Waals surface area contributed by atoms with Crippen LogP contribution < -0.4 is 0 Å². The van der Waals surface area contributed by atoms with E-state index < -0.39 is 62.2 Å². The number of carbonyl (C=O) groups is 2. The lowest BCUT2D eigenvalue weighted by Gasteiger charge is -2.60. The van der Waals surface area contributed by atoms with E-state index in [1.165, 1.54) is 0 Å². The number of ether oxygens (including phenoxy) is 1. The third kappa shape index (κ3) is 3.34. The van der Waals surface area contributed by atoms with Gasteiger partial charge in [-0.25, -0.2) is 0 Å². The summed E-state index contributed by atoms with van der Waals surface area (Å²) >= 11 is 13.2. The van der Waals surface area contributed by atoms with Crippen LogP contribution in [0.15, 0.2) is 12.1 Å². The first-order valence-corrected chi connectivity index (χ1v) is 12.4. The summed E-state index contributed by atoms with van der Waals surface area (Å²) in [5.41, 5.74) is -8.21. The molecule has 1 aromatic rings. The average molecular weight is 515 g/mol. The van der Waals surface area contributed by atoms with Crippen molar-refractivity contribution in [1.29, 1.82) is 0 Å². The molecule has 1 aliphatic heterocycles. The van der Waals surface area contributed by atoms with Gasteiger partial charge in [0.25, 0.3) is 0 Å². The van der Waals surface area contributed by atoms with E-state index in [1.54, 1.807) is 20.8 Å². The van der Waals surface area contributed by atoms with Crippen LogP contribution in [0.25, 0.3) is 0 Å². The molecule has 1 saturated carbocycles. The minimum Gasteiger partial charge on any atom is -0.508 e. The van der Waals surface area contributed by atoms with Gasteiger partial charge in [-0.2, -0.15) is 0 Å². The molecular weight excluding hydrogens is 483 g/mol. The van der Waals surface area contributed by atoms with Crippen LogP contribution in [-0.4, -0.2) is 65.2 Å². The smallest absolute Gasteiger partial charge is 0.202 e. The lowest BCUT2D eigenvalue weighted by molar-refractivity contribution is -0.243. The van der Waals surface area contributed by atoms with Crippen molar-refractivity contribution >= 4 is 34.8 Å². The van der Waals surface area contributed by atoms with Crippen molar-refractivity contribution < 1.29 is 34.8 Å². The Balaban J connectivity index is 1.99. The fourth-order valence-corrected chi connectivity index (χ4v) is 6.82. The van der Waals surface area contributed by atoms with Gasteiger partial charge in [0.1, 0.15) is 11.5 Å². The Morgan fingerprint density at radius 3 is 2.24 bits per heavy atom. The Hall–Kier alpha value is -1.38. The Morgan fingerprint density at radius 1 is 1.00 bits per heavy atom. The molecule has 34 heavy (non-hydrogen) atoms. The number of hydrogen-bond donors (Lipinski definition) is 4. The highest BCUT2D eigenvalue weighted by molar-refractivity contribution is 6.26. The third-order valence-corrected chi connectivity index (χ3v) is 9.96. The van der Waals surface area contributed by atoms with E-state index in [0.29, 0.717) is 12.8 Å². The zero-order valence-corrected chi connectivity index (χ0v) is 21.5. The first-order chi connectivity index (χ1) is 15.4. The van der Waals surface area contributed by atoms with Gasteiger partial charge in [0.15, 0.2) is 17.0 Å². The van der Waals surface area contributed by atoms with E-state index in [4.69, 9.17) is 27.9 Å². The summed E-state index contributed by atoms with van der Waals surface area (Å²) in [4.78, 5) is 28.0. The largest absolute Gasteiger partial charge is 0.508 e. The van der Waals surface area contributed by atoms with Crippen LogP contribution in [0.3, 0.4) is 0 Å². The van der Waals surface area contributed by atoms with Gasteiger partial charge in [-0.15, -0.1) is 23.2 Å². The van der Waals surface area contributed by atoms with Gasteiger partial charge in [-0.1, -0.05) is 13.8 Å². The number of Topliss-reactive ketones (excluding diaryl/α,β-unsaturated/α-hetero) is 2. The zero-order chi connectivity index (χ0) is 25.6. The summed E-state index contributed by atoms with van der Waals surface area (Å²) < 4.78 is 6.35. The molecule has 2 fully saturated rings. The lowest BCUT2D eigenvalue weighted by Crippen LogP contribution is -2.76. The van der Waals surface area contributed by atoms with Crippen LogP contribution in [-0.2, 0) is 4.74 Å². The standard InChI is InChI=1S/C25H32Cl2O7/c1-21(2)15(23(5,32)7-6-16(21)26)10-25-19(30)13-8-12(28)9-14(29)18(13)20(31)24(25,33)11-17(27)22(3,4)34-25/h8-9,15-17,28-29,32-33H,6-7,10-11H2,1-5H3. The van der Waals surface area contributed by atoms with Gasteiger partial charge < -0.3 is 25.2 Å². The Labute approximate surface area is 209 Å². The number of rotatable bonds is 2. The van der Waals surface area contributed by atoms with Crippen molar-refractivity contribution in [3.8, 4) is 11.5 Å². The third-order valence-electron chi connectivity index (χ3n) is 8.50. The van der Waals surface area contributed by atoms with Gasteiger partial charge in [0.05, 0.1) is 22.1 Å². The number of alkyl halides is 2. The molecule has 2 aliphatic carbocycles. The summed E-state index contributed by atoms with van der Waals surface area (Å²) in [6, 6.07) is 2.04. The number of halogens is 2. The normalized spacial score (nSPS) is 41.0.